The third-order valence-electron chi connectivity index (χ3n) is 6.06. The van der Waals surface area contributed by atoms with Crippen LogP contribution in [0.4, 0.5) is 4.79 Å². The molecule has 0 atom stereocenters. The van der Waals surface area contributed by atoms with Gasteiger partial charge in [0.15, 0.2) is 0 Å². The number of likely N-dealkylation sites (tertiary alicyclic amines) is 1. The summed E-state index contributed by atoms with van der Waals surface area (Å²) in [4.78, 5) is 42.6. The number of aryl methyl sites for hydroxylation is 2. The van der Waals surface area contributed by atoms with Crippen LogP contribution in [0.25, 0.3) is 0 Å². The van der Waals surface area contributed by atoms with Crippen molar-refractivity contribution < 1.29 is 14.4 Å². The highest BCUT2D eigenvalue weighted by molar-refractivity contribution is 6.09. The number of urea groups is 1. The molecule has 2 fully saturated rings. The number of primary amides is 1. The molecule has 0 radical (unpaired) electrons. The zero-order chi connectivity index (χ0) is 21.3. The normalized spacial score (nSPS) is 19.8. The second kappa shape index (κ2) is 8.14. The van der Waals surface area contributed by atoms with E-state index in [4.69, 9.17) is 5.73 Å². The number of hydrogen-bond acceptors (Lipinski definition) is 5. The first-order chi connectivity index (χ1) is 13.6. The molecule has 29 heavy (non-hydrogen) atoms. The smallest absolute Gasteiger partial charge is 0.328 e. The molecule has 2 N–H and O–H groups in total. The second-order valence-corrected chi connectivity index (χ2v) is 8.70. The Hall–Kier alpha value is -2.42. The van der Waals surface area contributed by atoms with Gasteiger partial charge in [0, 0.05) is 45.0 Å². The summed E-state index contributed by atoms with van der Waals surface area (Å²) in [6.45, 7) is 8.52. The molecule has 0 unspecified atom stereocenters. The van der Waals surface area contributed by atoms with Crippen molar-refractivity contribution in [3.8, 4) is 0 Å². The van der Waals surface area contributed by atoms with E-state index in [-0.39, 0.29) is 18.5 Å². The number of aromatic nitrogens is 2. The van der Waals surface area contributed by atoms with E-state index in [2.05, 4.69) is 23.8 Å². The van der Waals surface area contributed by atoms with Gasteiger partial charge in [-0.1, -0.05) is 13.8 Å². The fraction of sp³-hybridized carbons (Fsp3) is 0.700. The molecule has 2 aliphatic rings. The number of carbonyl (C=O) groups excluding carboxylic acids is 3. The zero-order valence-corrected chi connectivity index (χ0v) is 17.8. The lowest BCUT2D eigenvalue weighted by molar-refractivity contribution is -0.137. The number of nitrogens with two attached hydrogens (primary N) is 1. The number of carbonyl (C=O) groups is 3. The highest BCUT2D eigenvalue weighted by Crippen LogP contribution is 2.38. The topological polar surface area (TPSA) is 105 Å². The van der Waals surface area contributed by atoms with Crippen LogP contribution in [-0.2, 0) is 23.2 Å². The first-order valence-electron chi connectivity index (χ1n) is 10.3. The average molecular weight is 405 g/mol. The molecule has 2 saturated heterocycles. The molecule has 0 saturated carbocycles. The van der Waals surface area contributed by atoms with Gasteiger partial charge in [0.2, 0.25) is 5.91 Å². The van der Waals surface area contributed by atoms with E-state index in [1.54, 1.807) is 4.90 Å². The maximum Gasteiger partial charge on any atom is 0.328 e. The Labute approximate surface area is 171 Å². The molecule has 2 aliphatic heterocycles. The van der Waals surface area contributed by atoms with E-state index in [0.717, 1.165) is 23.6 Å². The van der Waals surface area contributed by atoms with Crippen LogP contribution in [0.2, 0.25) is 0 Å². The summed E-state index contributed by atoms with van der Waals surface area (Å²) in [7, 11) is 1.91. The third-order valence-corrected chi connectivity index (χ3v) is 6.06. The molecule has 0 aromatic carbocycles. The lowest BCUT2D eigenvalue weighted by atomic mass is 9.85. The van der Waals surface area contributed by atoms with Crippen molar-refractivity contribution in [2.24, 2.45) is 18.7 Å². The van der Waals surface area contributed by atoms with Crippen LogP contribution >= 0.6 is 0 Å². The van der Waals surface area contributed by atoms with Crippen molar-refractivity contribution >= 4 is 17.8 Å². The van der Waals surface area contributed by atoms with E-state index in [9.17, 15) is 14.4 Å². The fourth-order valence-corrected chi connectivity index (χ4v) is 4.38. The van der Waals surface area contributed by atoms with Gasteiger partial charge in [0.05, 0.1) is 5.69 Å². The number of amides is 4. The molecule has 1 aromatic heterocycles. The number of rotatable bonds is 7. The van der Waals surface area contributed by atoms with Crippen molar-refractivity contribution in [3.63, 3.8) is 0 Å². The van der Waals surface area contributed by atoms with Gasteiger partial charge in [-0.05, 0) is 32.1 Å². The maximum atomic E-state index is 13.2. The van der Waals surface area contributed by atoms with E-state index in [1.807, 2.05) is 24.9 Å². The summed E-state index contributed by atoms with van der Waals surface area (Å²) in [5, 5.41) is 4.39. The molecule has 3 heterocycles. The number of nitrogens with zero attached hydrogens (tertiary/aromatic N) is 5. The summed E-state index contributed by atoms with van der Waals surface area (Å²) in [5.41, 5.74) is 6.60. The minimum atomic E-state index is -0.859. The zero-order valence-electron chi connectivity index (χ0n) is 17.8. The van der Waals surface area contributed by atoms with Crippen LogP contribution in [0.1, 0.15) is 44.4 Å². The van der Waals surface area contributed by atoms with E-state index in [1.165, 1.54) is 5.56 Å². The molecular formula is C20H32N6O3. The average Bonchev–Trinajstić information content (AvgIpc) is 3.04. The number of piperidine rings is 1. The summed E-state index contributed by atoms with van der Waals surface area (Å²) in [5.74, 6) is -0.534. The molecule has 160 valence electrons. The quantitative estimate of drug-likeness (QED) is 0.679. The van der Waals surface area contributed by atoms with Crippen LogP contribution in [0, 0.1) is 12.8 Å². The van der Waals surface area contributed by atoms with Crippen LogP contribution in [0.5, 0.6) is 0 Å². The Bertz CT molecular complexity index is 794. The van der Waals surface area contributed by atoms with Crippen molar-refractivity contribution in [2.75, 3.05) is 26.2 Å². The maximum absolute atomic E-state index is 13.2. The molecule has 0 aliphatic carbocycles. The summed E-state index contributed by atoms with van der Waals surface area (Å²) in [6.07, 6.45) is 3.95. The van der Waals surface area contributed by atoms with Gasteiger partial charge < -0.3 is 10.6 Å². The molecule has 1 aromatic rings. The van der Waals surface area contributed by atoms with Crippen molar-refractivity contribution in [2.45, 2.75) is 52.1 Å². The van der Waals surface area contributed by atoms with Crippen molar-refractivity contribution in [1.82, 2.24) is 24.5 Å². The van der Waals surface area contributed by atoms with Gasteiger partial charge in [-0.2, -0.15) is 5.10 Å². The van der Waals surface area contributed by atoms with Gasteiger partial charge in [-0.3, -0.25) is 24.1 Å². The SMILES string of the molecule is Cc1nn(C)cc1CN1CCC2(CC1)C(=O)N(CC(N)=O)C(=O)N2CCC(C)C. The Morgan fingerprint density at radius 1 is 1.28 bits per heavy atom. The van der Waals surface area contributed by atoms with E-state index < -0.39 is 11.4 Å². The lowest BCUT2D eigenvalue weighted by Crippen LogP contribution is -2.56. The summed E-state index contributed by atoms with van der Waals surface area (Å²) < 4.78 is 1.81. The Balaban J connectivity index is 1.76. The van der Waals surface area contributed by atoms with Gasteiger partial charge in [-0.25, -0.2) is 4.79 Å². The number of hydrogen-bond donors (Lipinski definition) is 1. The highest BCUT2D eigenvalue weighted by atomic mass is 16.2. The van der Waals surface area contributed by atoms with Gasteiger partial charge in [0.1, 0.15) is 12.1 Å². The number of imide groups is 1. The second-order valence-electron chi connectivity index (χ2n) is 8.70. The van der Waals surface area contributed by atoms with Crippen LogP contribution in [-0.4, -0.2) is 74.0 Å². The predicted molar refractivity (Wildman–Crippen MR) is 108 cm³/mol. The van der Waals surface area contributed by atoms with Crippen LogP contribution in [0.15, 0.2) is 6.20 Å². The van der Waals surface area contributed by atoms with E-state index in [0.29, 0.717) is 38.4 Å². The monoisotopic (exact) mass is 404 g/mol. The van der Waals surface area contributed by atoms with Gasteiger partial charge in [0.25, 0.3) is 5.91 Å². The summed E-state index contributed by atoms with van der Waals surface area (Å²) >= 11 is 0. The lowest BCUT2D eigenvalue weighted by Gasteiger charge is -2.42. The van der Waals surface area contributed by atoms with Crippen molar-refractivity contribution in [3.05, 3.63) is 17.5 Å². The first kappa shape index (κ1) is 21.3. The summed E-state index contributed by atoms with van der Waals surface area (Å²) in [6, 6.07) is -0.383. The minimum absolute atomic E-state index is 0.276. The Kier molecular flexibility index (Phi) is 5.97. The Morgan fingerprint density at radius 3 is 2.45 bits per heavy atom. The van der Waals surface area contributed by atoms with Crippen LogP contribution in [0.3, 0.4) is 0 Å². The molecule has 1 spiro atoms. The molecule has 9 nitrogen and oxygen atoms in total. The molecule has 0 bridgehead atoms. The van der Waals surface area contributed by atoms with Crippen LogP contribution < -0.4 is 5.73 Å². The predicted octanol–water partition coefficient (Wildman–Crippen LogP) is 0.859. The van der Waals surface area contributed by atoms with Crippen molar-refractivity contribution in [1.29, 1.82) is 0 Å². The molecular weight excluding hydrogens is 372 g/mol. The van der Waals surface area contributed by atoms with Gasteiger partial charge >= 0.3 is 6.03 Å². The first-order valence-corrected chi connectivity index (χ1v) is 10.3. The minimum Gasteiger partial charge on any atom is -0.368 e. The highest BCUT2D eigenvalue weighted by Gasteiger charge is 2.57. The fourth-order valence-electron chi connectivity index (χ4n) is 4.38. The Morgan fingerprint density at radius 2 is 1.93 bits per heavy atom. The molecule has 9 heteroatoms. The largest absolute Gasteiger partial charge is 0.368 e. The molecule has 3 rings (SSSR count). The molecule has 4 amide bonds. The standard InChI is InChI=1S/C20H32N6O3/c1-14(2)5-8-26-19(29)25(13-17(21)27)18(28)20(26)6-9-24(10-7-20)12-16-11-23(4)22-15(16)3/h11,14H,5-10,12-13H2,1-4H3,(H2,21,27). The third kappa shape index (κ3) is 4.14. The van der Waals surface area contributed by atoms with E-state index >= 15 is 0 Å². The van der Waals surface area contributed by atoms with Gasteiger partial charge in [-0.15, -0.1) is 0 Å².